The van der Waals surface area contributed by atoms with Crippen LogP contribution < -0.4 is 13.9 Å². The molecule has 0 spiro atoms. The van der Waals surface area contributed by atoms with Crippen LogP contribution in [-0.2, 0) is 0 Å². The minimum Gasteiger partial charge on any atom is -0.480 e. The fraction of sp³-hybridized carbons (Fsp3) is 0.238. The first kappa shape index (κ1) is 19.0. The van der Waals surface area contributed by atoms with Gasteiger partial charge in [-0.2, -0.15) is 0 Å². The van der Waals surface area contributed by atoms with Crippen molar-refractivity contribution in [3.05, 3.63) is 72.7 Å². The Morgan fingerprint density at radius 2 is 1.79 bits per heavy atom. The molecule has 7 heteroatoms. The summed E-state index contributed by atoms with van der Waals surface area (Å²) in [5.74, 6) is 0.811. The summed E-state index contributed by atoms with van der Waals surface area (Å²) in [5.41, 5.74) is 3.31. The molecule has 0 saturated heterocycles. The van der Waals surface area contributed by atoms with Crippen molar-refractivity contribution in [2.75, 3.05) is 22.5 Å². The molecule has 2 atom stereocenters. The zero-order chi connectivity index (χ0) is 19.5. The number of rotatable bonds is 6. The number of hydrogen-bond donors (Lipinski definition) is 0. The molecule has 1 aliphatic rings. The molecule has 5 nitrogen and oxygen atoms in total. The summed E-state index contributed by atoms with van der Waals surface area (Å²) in [6, 6.07) is 18.3. The molecule has 1 aromatic carbocycles. The maximum Gasteiger partial charge on any atom is 0.155 e. The largest absolute Gasteiger partial charge is 0.480 e. The lowest BCUT2D eigenvalue weighted by atomic mass is 10.2. The molecule has 0 fully saturated rings. The van der Waals surface area contributed by atoms with Crippen LogP contribution in [0, 0.1) is 0 Å². The number of thioether (sulfide) groups is 1. The molecular formula is C21H22N4OS2. The summed E-state index contributed by atoms with van der Waals surface area (Å²) < 4.78 is 8.42. The average Bonchev–Trinajstić information content (AvgIpc) is 3.01. The van der Waals surface area contributed by atoms with Gasteiger partial charge in [-0.05, 0) is 37.3 Å². The highest BCUT2D eigenvalue weighted by molar-refractivity contribution is 8.00. The number of pyridine rings is 2. The van der Waals surface area contributed by atoms with Crippen LogP contribution in [0.3, 0.4) is 0 Å². The Kier molecular flexibility index (Phi) is 5.64. The van der Waals surface area contributed by atoms with E-state index in [2.05, 4.69) is 56.7 Å². The molecular weight excluding hydrogens is 388 g/mol. The number of nitrogens with zero attached hydrogens (tertiary/aromatic N) is 4. The van der Waals surface area contributed by atoms with Crippen LogP contribution in [0.2, 0.25) is 0 Å². The lowest BCUT2D eigenvalue weighted by Gasteiger charge is -2.28. The Morgan fingerprint density at radius 3 is 2.54 bits per heavy atom. The third-order valence-corrected chi connectivity index (χ3v) is 6.23. The van der Waals surface area contributed by atoms with E-state index in [4.69, 9.17) is 4.74 Å². The van der Waals surface area contributed by atoms with E-state index in [0.717, 1.165) is 16.5 Å². The van der Waals surface area contributed by atoms with Gasteiger partial charge in [-0.15, -0.1) is 0 Å². The molecule has 4 rings (SSSR count). The van der Waals surface area contributed by atoms with Gasteiger partial charge in [0.1, 0.15) is 11.2 Å². The normalized spacial score (nSPS) is 16.8. The van der Waals surface area contributed by atoms with E-state index in [-0.39, 0.29) is 11.6 Å². The molecule has 144 valence electrons. The molecule has 0 amide bonds. The Hall–Kier alpha value is -2.38. The van der Waals surface area contributed by atoms with Gasteiger partial charge in [0.05, 0.1) is 22.1 Å². The van der Waals surface area contributed by atoms with E-state index in [1.165, 1.54) is 11.4 Å². The molecule has 0 radical (unpaired) electrons. The third kappa shape index (κ3) is 3.77. The lowest BCUT2D eigenvalue weighted by molar-refractivity contribution is 0.306. The van der Waals surface area contributed by atoms with Crippen LogP contribution in [0.1, 0.15) is 18.8 Å². The van der Waals surface area contributed by atoms with Crippen molar-refractivity contribution in [3.8, 4) is 5.75 Å². The maximum atomic E-state index is 6.14. The predicted octanol–water partition coefficient (Wildman–Crippen LogP) is 5.23. The molecule has 0 N–H and O–H groups in total. The summed E-state index contributed by atoms with van der Waals surface area (Å²) in [6.07, 6.45) is 5.73. The number of fused-ring (bicyclic) bond motifs is 1. The number of ether oxygens (including phenoxy) is 1. The third-order valence-electron chi connectivity index (χ3n) is 4.53. The van der Waals surface area contributed by atoms with Gasteiger partial charge in [-0.3, -0.25) is 9.29 Å². The minimum atomic E-state index is -0.0553. The van der Waals surface area contributed by atoms with Gasteiger partial charge >= 0.3 is 0 Å². The monoisotopic (exact) mass is 410 g/mol. The predicted molar refractivity (Wildman–Crippen MR) is 118 cm³/mol. The highest BCUT2D eigenvalue weighted by Gasteiger charge is 2.35. The first-order valence-corrected chi connectivity index (χ1v) is 11.1. The molecule has 0 bridgehead atoms. The molecule has 1 aliphatic heterocycles. The van der Waals surface area contributed by atoms with Gasteiger partial charge < -0.3 is 9.64 Å². The standard InChI is InChI=1S/C21H22N4OS2/c1-15(28-20-10-6-7-12-23-20)26-16-11-13-22-17(14-16)21-24(2)18-8-4-5-9-19(18)25(21)27-3/h4-15,21H,1-3H3. The molecule has 3 heterocycles. The van der Waals surface area contributed by atoms with Crippen molar-refractivity contribution in [3.63, 3.8) is 0 Å². The fourth-order valence-electron chi connectivity index (χ4n) is 3.33. The first-order valence-electron chi connectivity index (χ1n) is 9.03. The van der Waals surface area contributed by atoms with Crippen molar-refractivity contribution in [1.29, 1.82) is 0 Å². The summed E-state index contributed by atoms with van der Waals surface area (Å²) in [5, 5.41) is 0.948. The van der Waals surface area contributed by atoms with E-state index in [9.17, 15) is 0 Å². The van der Waals surface area contributed by atoms with Crippen molar-refractivity contribution < 1.29 is 4.74 Å². The number of para-hydroxylation sites is 2. The second-order valence-corrected chi connectivity index (χ2v) is 8.45. The van der Waals surface area contributed by atoms with E-state index < -0.39 is 0 Å². The first-order chi connectivity index (χ1) is 13.7. The van der Waals surface area contributed by atoms with Gasteiger partial charge in [0.2, 0.25) is 0 Å². The van der Waals surface area contributed by atoms with Gasteiger partial charge in [-0.25, -0.2) is 4.98 Å². The molecule has 2 unspecified atom stereocenters. The van der Waals surface area contributed by atoms with Gasteiger partial charge in [0, 0.05) is 31.8 Å². The van der Waals surface area contributed by atoms with Crippen molar-refractivity contribution in [2.45, 2.75) is 23.6 Å². The SMILES string of the molecule is CSN1c2ccccc2N(C)C1c1cc(OC(C)Sc2ccccn2)ccn1. The van der Waals surface area contributed by atoms with Crippen molar-refractivity contribution in [1.82, 2.24) is 9.97 Å². The summed E-state index contributed by atoms with van der Waals surface area (Å²) in [4.78, 5) is 11.3. The van der Waals surface area contributed by atoms with E-state index in [1.807, 2.05) is 43.5 Å². The smallest absolute Gasteiger partial charge is 0.155 e. The van der Waals surface area contributed by atoms with Gasteiger partial charge in [-0.1, -0.05) is 41.9 Å². The van der Waals surface area contributed by atoms with Gasteiger partial charge in [0.25, 0.3) is 0 Å². The van der Waals surface area contributed by atoms with Crippen LogP contribution in [0.4, 0.5) is 11.4 Å². The molecule has 3 aromatic rings. The van der Waals surface area contributed by atoms with Crippen LogP contribution in [0.15, 0.2) is 72.0 Å². The molecule has 0 aliphatic carbocycles. The highest BCUT2D eigenvalue weighted by Crippen LogP contribution is 2.47. The Labute approximate surface area is 174 Å². The summed E-state index contributed by atoms with van der Waals surface area (Å²) >= 11 is 3.30. The van der Waals surface area contributed by atoms with Crippen LogP contribution in [0.5, 0.6) is 5.75 Å². The van der Waals surface area contributed by atoms with E-state index in [0.29, 0.717) is 0 Å². The van der Waals surface area contributed by atoms with Crippen molar-refractivity contribution >= 4 is 35.1 Å². The van der Waals surface area contributed by atoms with Crippen molar-refractivity contribution in [2.24, 2.45) is 0 Å². The Morgan fingerprint density at radius 1 is 1.00 bits per heavy atom. The number of hydrogen-bond acceptors (Lipinski definition) is 7. The lowest BCUT2D eigenvalue weighted by Crippen LogP contribution is -2.29. The number of aromatic nitrogens is 2. The molecule has 28 heavy (non-hydrogen) atoms. The second-order valence-electron chi connectivity index (χ2n) is 6.37. The topological polar surface area (TPSA) is 41.5 Å². The number of benzene rings is 1. The molecule has 2 aromatic heterocycles. The minimum absolute atomic E-state index is 0.0229. The van der Waals surface area contributed by atoms with Crippen LogP contribution in [0.25, 0.3) is 0 Å². The fourth-order valence-corrected chi connectivity index (χ4v) is 4.91. The second kappa shape index (κ2) is 8.32. The average molecular weight is 411 g/mol. The van der Waals surface area contributed by atoms with Gasteiger partial charge in [0.15, 0.2) is 6.17 Å². The Bertz CT molecular complexity index is 940. The highest BCUT2D eigenvalue weighted by atomic mass is 32.2. The zero-order valence-corrected chi connectivity index (χ0v) is 17.7. The summed E-state index contributed by atoms with van der Waals surface area (Å²) in [6.45, 7) is 2.03. The van der Waals surface area contributed by atoms with Crippen LogP contribution >= 0.6 is 23.7 Å². The number of anilines is 2. The Balaban J connectivity index is 1.54. The quantitative estimate of drug-likeness (QED) is 0.313. The van der Waals surface area contributed by atoms with E-state index >= 15 is 0 Å². The van der Waals surface area contributed by atoms with E-state index in [1.54, 1.807) is 29.9 Å². The maximum absolute atomic E-state index is 6.14. The van der Waals surface area contributed by atoms with Crippen LogP contribution in [-0.4, -0.2) is 28.7 Å². The molecule has 0 saturated carbocycles. The summed E-state index contributed by atoms with van der Waals surface area (Å²) in [7, 11) is 2.11. The zero-order valence-electron chi connectivity index (χ0n) is 16.0.